The molecule has 0 spiro atoms. The number of hydrogen-bond donors (Lipinski definition) is 1. The molecule has 4 aromatic rings. The van der Waals surface area contributed by atoms with E-state index in [9.17, 15) is 9.59 Å². The molecule has 5 rings (SSSR count). The summed E-state index contributed by atoms with van der Waals surface area (Å²) in [7, 11) is 0. The Balaban J connectivity index is 1.27. The Bertz CT molecular complexity index is 1220. The van der Waals surface area contributed by atoms with E-state index in [1.54, 1.807) is 35.4 Å². The SMILES string of the molecule is O=C(CCn1cnnc1)Nc1ccc2oc(C(=O)N3CCC3c3ccccc3)cc2c1. The Hall–Kier alpha value is -3.94. The van der Waals surface area contributed by atoms with E-state index in [0.717, 1.165) is 17.4 Å². The van der Waals surface area contributed by atoms with Crippen LogP contribution < -0.4 is 5.32 Å². The summed E-state index contributed by atoms with van der Waals surface area (Å²) < 4.78 is 7.55. The van der Waals surface area contributed by atoms with Gasteiger partial charge in [-0.15, -0.1) is 10.2 Å². The molecule has 1 atom stereocenters. The van der Waals surface area contributed by atoms with Crippen LogP contribution in [-0.4, -0.2) is 38.0 Å². The van der Waals surface area contributed by atoms with E-state index in [-0.39, 0.29) is 17.9 Å². The summed E-state index contributed by atoms with van der Waals surface area (Å²) in [6, 6.07) is 17.2. The molecule has 1 unspecified atom stereocenters. The van der Waals surface area contributed by atoms with Crippen LogP contribution in [0.5, 0.6) is 0 Å². The number of benzene rings is 2. The standard InChI is InChI=1S/C23H21N5O3/c29-22(9-10-27-14-24-25-15-27)26-18-6-7-20-17(12-18)13-21(31-20)23(30)28-11-8-19(28)16-4-2-1-3-5-16/h1-7,12-15,19H,8-11H2,(H,26,29). The van der Waals surface area contributed by atoms with Gasteiger partial charge in [0, 0.05) is 30.6 Å². The number of carbonyl (C=O) groups excluding carboxylic acids is 2. The van der Waals surface area contributed by atoms with Crippen LogP contribution in [0.3, 0.4) is 0 Å². The number of amides is 2. The Kier molecular flexibility index (Phi) is 4.95. The van der Waals surface area contributed by atoms with Gasteiger partial charge >= 0.3 is 0 Å². The summed E-state index contributed by atoms with van der Waals surface area (Å²) in [5, 5.41) is 11.1. The molecule has 3 heterocycles. The monoisotopic (exact) mass is 415 g/mol. The smallest absolute Gasteiger partial charge is 0.290 e. The van der Waals surface area contributed by atoms with Gasteiger partial charge in [-0.1, -0.05) is 30.3 Å². The van der Waals surface area contributed by atoms with E-state index < -0.39 is 0 Å². The number of aromatic nitrogens is 3. The fourth-order valence-electron chi connectivity index (χ4n) is 3.81. The van der Waals surface area contributed by atoms with Crippen molar-refractivity contribution < 1.29 is 14.0 Å². The van der Waals surface area contributed by atoms with Gasteiger partial charge < -0.3 is 19.2 Å². The van der Waals surface area contributed by atoms with Gasteiger partial charge in [-0.05, 0) is 36.2 Å². The number of likely N-dealkylation sites (tertiary alicyclic amines) is 1. The Morgan fingerprint density at radius 1 is 1.06 bits per heavy atom. The highest BCUT2D eigenvalue weighted by atomic mass is 16.3. The van der Waals surface area contributed by atoms with Crippen molar-refractivity contribution in [3.8, 4) is 0 Å². The van der Waals surface area contributed by atoms with Crippen molar-refractivity contribution in [2.75, 3.05) is 11.9 Å². The van der Waals surface area contributed by atoms with Crippen LogP contribution in [0, 0.1) is 0 Å². The molecule has 2 aromatic heterocycles. The minimum Gasteiger partial charge on any atom is -0.451 e. The fourth-order valence-corrected chi connectivity index (χ4v) is 3.81. The van der Waals surface area contributed by atoms with Crippen molar-refractivity contribution in [3.63, 3.8) is 0 Å². The minimum atomic E-state index is -0.115. The van der Waals surface area contributed by atoms with E-state index in [4.69, 9.17) is 4.42 Å². The van der Waals surface area contributed by atoms with Gasteiger partial charge in [-0.25, -0.2) is 0 Å². The quantitative estimate of drug-likeness (QED) is 0.519. The zero-order valence-electron chi connectivity index (χ0n) is 16.8. The Morgan fingerprint density at radius 3 is 2.61 bits per heavy atom. The summed E-state index contributed by atoms with van der Waals surface area (Å²) in [5.41, 5.74) is 2.41. The molecule has 1 fully saturated rings. The lowest BCUT2D eigenvalue weighted by molar-refractivity contribution is -0.116. The maximum Gasteiger partial charge on any atom is 0.290 e. The van der Waals surface area contributed by atoms with Gasteiger partial charge in [-0.2, -0.15) is 0 Å². The number of aryl methyl sites for hydroxylation is 1. The first-order valence-corrected chi connectivity index (χ1v) is 10.2. The van der Waals surface area contributed by atoms with Crippen LogP contribution in [-0.2, 0) is 11.3 Å². The van der Waals surface area contributed by atoms with E-state index in [2.05, 4.69) is 15.5 Å². The third-order valence-electron chi connectivity index (χ3n) is 5.54. The van der Waals surface area contributed by atoms with Crippen LogP contribution in [0.15, 0.2) is 71.7 Å². The highest BCUT2D eigenvalue weighted by molar-refractivity contribution is 5.98. The molecular weight excluding hydrogens is 394 g/mol. The van der Waals surface area contributed by atoms with Crippen LogP contribution in [0.1, 0.15) is 35.0 Å². The molecule has 1 saturated heterocycles. The maximum absolute atomic E-state index is 13.0. The van der Waals surface area contributed by atoms with Gasteiger partial charge in [0.15, 0.2) is 5.76 Å². The molecule has 1 aliphatic rings. The zero-order chi connectivity index (χ0) is 21.2. The molecule has 0 saturated carbocycles. The maximum atomic E-state index is 13.0. The number of anilines is 1. The van der Waals surface area contributed by atoms with Gasteiger partial charge in [0.05, 0.1) is 6.04 Å². The third-order valence-corrected chi connectivity index (χ3v) is 5.54. The Morgan fingerprint density at radius 2 is 1.87 bits per heavy atom. The number of nitrogens with one attached hydrogen (secondary N) is 1. The lowest BCUT2D eigenvalue weighted by atomic mass is 9.94. The lowest BCUT2D eigenvalue weighted by Gasteiger charge is -2.40. The molecule has 2 amide bonds. The molecule has 0 bridgehead atoms. The Labute approximate surface area is 178 Å². The molecule has 0 radical (unpaired) electrons. The van der Waals surface area contributed by atoms with Crippen molar-refractivity contribution in [2.24, 2.45) is 0 Å². The third kappa shape index (κ3) is 3.92. The molecular formula is C23H21N5O3. The average Bonchev–Trinajstić information content (AvgIpc) is 3.42. The summed E-state index contributed by atoms with van der Waals surface area (Å²) >= 11 is 0. The first-order chi connectivity index (χ1) is 15.2. The van der Waals surface area contributed by atoms with E-state index in [1.807, 2.05) is 41.3 Å². The van der Waals surface area contributed by atoms with Crippen LogP contribution >= 0.6 is 0 Å². The second-order valence-corrected chi connectivity index (χ2v) is 7.57. The molecule has 1 aliphatic heterocycles. The molecule has 1 N–H and O–H groups in total. The number of rotatable bonds is 6. The van der Waals surface area contributed by atoms with Crippen molar-refractivity contribution in [1.29, 1.82) is 0 Å². The predicted octanol–water partition coefficient (Wildman–Crippen LogP) is 3.64. The van der Waals surface area contributed by atoms with Crippen molar-refractivity contribution >= 4 is 28.5 Å². The number of carbonyl (C=O) groups is 2. The molecule has 156 valence electrons. The summed E-state index contributed by atoms with van der Waals surface area (Å²) in [6.07, 6.45) is 4.40. The van der Waals surface area contributed by atoms with E-state index in [1.165, 1.54) is 0 Å². The summed E-state index contributed by atoms with van der Waals surface area (Å²) in [5.74, 6) is 0.0849. The van der Waals surface area contributed by atoms with Gasteiger partial charge in [0.25, 0.3) is 5.91 Å². The second-order valence-electron chi connectivity index (χ2n) is 7.57. The van der Waals surface area contributed by atoms with Gasteiger partial charge in [0.1, 0.15) is 18.2 Å². The topological polar surface area (TPSA) is 93.3 Å². The fraction of sp³-hybridized carbons (Fsp3) is 0.217. The lowest BCUT2D eigenvalue weighted by Crippen LogP contribution is -2.44. The minimum absolute atomic E-state index is 0.0856. The van der Waals surface area contributed by atoms with Gasteiger partial charge in [0.2, 0.25) is 5.91 Å². The second kappa shape index (κ2) is 8.06. The number of nitrogens with zero attached hydrogens (tertiary/aromatic N) is 4. The highest BCUT2D eigenvalue weighted by Crippen LogP contribution is 2.35. The van der Waals surface area contributed by atoms with E-state index in [0.29, 0.717) is 36.5 Å². The number of hydrogen-bond acceptors (Lipinski definition) is 5. The first-order valence-electron chi connectivity index (χ1n) is 10.2. The summed E-state index contributed by atoms with van der Waals surface area (Å²) in [4.78, 5) is 27.0. The van der Waals surface area contributed by atoms with Crippen LogP contribution in [0.4, 0.5) is 5.69 Å². The number of furan rings is 1. The first kappa shape index (κ1) is 19.0. The van der Waals surface area contributed by atoms with Crippen LogP contribution in [0.2, 0.25) is 0 Å². The summed E-state index contributed by atoms with van der Waals surface area (Å²) in [6.45, 7) is 1.22. The molecule has 0 aliphatic carbocycles. The number of fused-ring (bicyclic) bond motifs is 1. The van der Waals surface area contributed by atoms with Crippen molar-refractivity contribution in [1.82, 2.24) is 19.7 Å². The van der Waals surface area contributed by atoms with E-state index >= 15 is 0 Å². The average molecular weight is 415 g/mol. The van der Waals surface area contributed by atoms with Crippen molar-refractivity contribution in [3.05, 3.63) is 78.6 Å². The molecule has 8 nitrogen and oxygen atoms in total. The molecule has 2 aromatic carbocycles. The zero-order valence-corrected chi connectivity index (χ0v) is 16.8. The van der Waals surface area contributed by atoms with Gasteiger partial charge in [-0.3, -0.25) is 9.59 Å². The highest BCUT2D eigenvalue weighted by Gasteiger charge is 2.35. The van der Waals surface area contributed by atoms with Crippen LogP contribution in [0.25, 0.3) is 11.0 Å². The molecule has 31 heavy (non-hydrogen) atoms. The normalized spacial score (nSPS) is 15.6. The largest absolute Gasteiger partial charge is 0.451 e. The van der Waals surface area contributed by atoms with Crippen molar-refractivity contribution in [2.45, 2.75) is 25.4 Å². The molecule has 8 heteroatoms. The predicted molar refractivity (Wildman–Crippen MR) is 114 cm³/mol.